The van der Waals surface area contributed by atoms with Gasteiger partial charge in [0.05, 0.1) is 18.5 Å². The summed E-state index contributed by atoms with van der Waals surface area (Å²) < 4.78 is 0. The van der Waals surface area contributed by atoms with E-state index in [-0.39, 0.29) is 23.7 Å². The lowest BCUT2D eigenvalue weighted by atomic mass is 9.85. The zero-order chi connectivity index (χ0) is 16.5. The minimum atomic E-state index is -0.137. The molecule has 2 saturated heterocycles. The Morgan fingerprint density at radius 3 is 2.08 bits per heavy atom. The lowest BCUT2D eigenvalue weighted by molar-refractivity contribution is -0.142. The van der Waals surface area contributed by atoms with E-state index in [1.807, 2.05) is 12.2 Å². The molecule has 2 atom stereocenters. The van der Waals surface area contributed by atoms with Crippen LogP contribution in [0.4, 0.5) is 5.95 Å². The summed E-state index contributed by atoms with van der Waals surface area (Å²) in [5, 5.41) is 0. The smallest absolute Gasteiger partial charge is 0.234 e. The van der Waals surface area contributed by atoms with Gasteiger partial charge in [-0.05, 0) is 18.9 Å². The van der Waals surface area contributed by atoms with Gasteiger partial charge < -0.3 is 4.90 Å². The Bertz CT molecular complexity index is 628. The molecule has 4 rings (SSSR count). The third-order valence-electron chi connectivity index (χ3n) is 5.15. The molecule has 0 bridgehead atoms. The van der Waals surface area contributed by atoms with Crippen molar-refractivity contribution < 1.29 is 9.59 Å². The molecule has 126 valence electrons. The highest BCUT2D eigenvalue weighted by Crippen LogP contribution is 2.35. The number of piperazine rings is 1. The highest BCUT2D eigenvalue weighted by atomic mass is 16.2. The molecule has 0 aromatic carbocycles. The molecule has 2 fully saturated rings. The molecule has 0 N–H and O–H groups in total. The predicted molar refractivity (Wildman–Crippen MR) is 87.9 cm³/mol. The van der Waals surface area contributed by atoms with Gasteiger partial charge in [0.1, 0.15) is 0 Å². The molecular weight excluding hydrogens is 306 g/mol. The van der Waals surface area contributed by atoms with E-state index in [4.69, 9.17) is 0 Å². The van der Waals surface area contributed by atoms with Gasteiger partial charge in [-0.15, -0.1) is 0 Å². The van der Waals surface area contributed by atoms with Crippen LogP contribution < -0.4 is 4.90 Å². The van der Waals surface area contributed by atoms with Crippen molar-refractivity contribution in [3.8, 4) is 0 Å². The van der Waals surface area contributed by atoms with Crippen molar-refractivity contribution in [2.24, 2.45) is 11.8 Å². The quantitative estimate of drug-likeness (QED) is 0.595. The molecule has 0 spiro atoms. The third-order valence-corrected chi connectivity index (χ3v) is 5.15. The van der Waals surface area contributed by atoms with E-state index in [1.165, 1.54) is 4.90 Å². The number of rotatable bonds is 3. The molecule has 24 heavy (non-hydrogen) atoms. The summed E-state index contributed by atoms with van der Waals surface area (Å²) in [6, 6.07) is 1.80. The van der Waals surface area contributed by atoms with E-state index in [0.717, 1.165) is 32.1 Å². The summed E-state index contributed by atoms with van der Waals surface area (Å²) in [5.74, 6) is 0.469. The van der Waals surface area contributed by atoms with E-state index < -0.39 is 0 Å². The SMILES string of the molecule is O=C1[C@H]2CC=CC[C@@H]2C(=O)N1CN1CCN(c2ncccn2)CC1. The Balaban J connectivity index is 1.36. The highest BCUT2D eigenvalue weighted by Gasteiger charge is 2.47. The molecule has 2 aliphatic heterocycles. The Hall–Kier alpha value is -2.28. The van der Waals surface area contributed by atoms with Crippen LogP contribution in [0.2, 0.25) is 0 Å². The van der Waals surface area contributed by atoms with Crippen molar-refractivity contribution in [1.82, 2.24) is 19.8 Å². The number of likely N-dealkylation sites (tertiary alicyclic amines) is 1. The number of allylic oxidation sites excluding steroid dienone is 2. The van der Waals surface area contributed by atoms with Gasteiger partial charge in [0, 0.05) is 38.6 Å². The standard InChI is InChI=1S/C17H21N5O2/c23-15-13-4-1-2-5-14(13)16(24)22(15)12-20-8-10-21(11-9-20)17-18-6-3-7-19-17/h1-3,6-7,13-14H,4-5,8-12H2/t13-,14-/m0/s1. The lowest BCUT2D eigenvalue weighted by Gasteiger charge is -2.36. The van der Waals surface area contributed by atoms with Crippen molar-refractivity contribution >= 4 is 17.8 Å². The Labute approximate surface area is 141 Å². The van der Waals surface area contributed by atoms with Crippen molar-refractivity contribution in [1.29, 1.82) is 0 Å². The second kappa shape index (κ2) is 6.32. The Morgan fingerprint density at radius 1 is 0.917 bits per heavy atom. The first-order valence-electron chi connectivity index (χ1n) is 8.48. The monoisotopic (exact) mass is 327 g/mol. The van der Waals surface area contributed by atoms with E-state index in [1.54, 1.807) is 18.5 Å². The molecule has 2 amide bonds. The van der Waals surface area contributed by atoms with Crippen LogP contribution in [0, 0.1) is 11.8 Å². The zero-order valence-corrected chi connectivity index (χ0v) is 13.5. The number of hydrogen-bond donors (Lipinski definition) is 0. The molecule has 0 unspecified atom stereocenters. The van der Waals surface area contributed by atoms with Crippen LogP contribution in [0.3, 0.4) is 0 Å². The number of nitrogens with zero attached hydrogens (tertiary/aromatic N) is 5. The molecule has 3 heterocycles. The number of anilines is 1. The van der Waals surface area contributed by atoms with Gasteiger partial charge in [0.2, 0.25) is 17.8 Å². The van der Waals surface area contributed by atoms with Gasteiger partial charge in [-0.1, -0.05) is 12.2 Å². The predicted octanol–water partition coefficient (Wildman–Crippen LogP) is 0.507. The second-order valence-corrected chi connectivity index (χ2v) is 6.56. The first-order chi connectivity index (χ1) is 11.7. The second-order valence-electron chi connectivity index (χ2n) is 6.56. The Morgan fingerprint density at radius 2 is 1.50 bits per heavy atom. The van der Waals surface area contributed by atoms with E-state index in [0.29, 0.717) is 19.5 Å². The van der Waals surface area contributed by atoms with Crippen molar-refractivity contribution in [3.05, 3.63) is 30.6 Å². The number of aromatic nitrogens is 2. The summed E-state index contributed by atoms with van der Waals surface area (Å²) in [4.78, 5) is 39.4. The molecule has 7 nitrogen and oxygen atoms in total. The topological polar surface area (TPSA) is 69.6 Å². The lowest BCUT2D eigenvalue weighted by Crippen LogP contribution is -2.51. The zero-order valence-electron chi connectivity index (χ0n) is 13.5. The van der Waals surface area contributed by atoms with E-state index in [2.05, 4.69) is 19.8 Å². The molecule has 0 saturated carbocycles. The van der Waals surface area contributed by atoms with Crippen LogP contribution in [0.15, 0.2) is 30.6 Å². The molecule has 1 aromatic heterocycles. The van der Waals surface area contributed by atoms with E-state index >= 15 is 0 Å². The highest BCUT2D eigenvalue weighted by molar-refractivity contribution is 6.05. The van der Waals surface area contributed by atoms with Crippen LogP contribution in [0.25, 0.3) is 0 Å². The normalized spacial score (nSPS) is 27.7. The molecule has 1 aromatic rings. The van der Waals surface area contributed by atoms with Crippen LogP contribution in [0.1, 0.15) is 12.8 Å². The Kier molecular flexibility index (Phi) is 4.02. The fraction of sp³-hybridized carbons (Fsp3) is 0.529. The van der Waals surface area contributed by atoms with Gasteiger partial charge in [-0.2, -0.15) is 0 Å². The van der Waals surface area contributed by atoms with Crippen LogP contribution in [-0.4, -0.2) is 64.4 Å². The van der Waals surface area contributed by atoms with Crippen LogP contribution >= 0.6 is 0 Å². The average molecular weight is 327 g/mol. The number of hydrogen-bond acceptors (Lipinski definition) is 6. The van der Waals surface area contributed by atoms with Gasteiger partial charge in [-0.3, -0.25) is 19.4 Å². The van der Waals surface area contributed by atoms with Crippen LogP contribution in [0.5, 0.6) is 0 Å². The fourth-order valence-electron chi connectivity index (χ4n) is 3.75. The molecule has 0 radical (unpaired) electrons. The first-order valence-corrected chi connectivity index (χ1v) is 8.48. The fourth-order valence-corrected chi connectivity index (χ4v) is 3.75. The summed E-state index contributed by atoms with van der Waals surface area (Å²) >= 11 is 0. The van der Waals surface area contributed by atoms with Gasteiger partial charge in [0.25, 0.3) is 0 Å². The van der Waals surface area contributed by atoms with Crippen molar-refractivity contribution in [2.45, 2.75) is 12.8 Å². The molecular formula is C17H21N5O2. The summed E-state index contributed by atoms with van der Waals surface area (Å²) in [6.45, 7) is 3.60. The number of imide groups is 1. The molecule has 3 aliphatic rings. The largest absolute Gasteiger partial charge is 0.338 e. The maximum absolute atomic E-state index is 12.5. The van der Waals surface area contributed by atoms with Gasteiger partial charge in [0.15, 0.2) is 0 Å². The van der Waals surface area contributed by atoms with E-state index in [9.17, 15) is 9.59 Å². The number of carbonyl (C=O) groups excluding carboxylic acids is 2. The summed E-state index contributed by atoms with van der Waals surface area (Å²) in [5.41, 5.74) is 0. The first kappa shape index (κ1) is 15.3. The maximum atomic E-state index is 12.5. The average Bonchev–Trinajstić information content (AvgIpc) is 2.88. The van der Waals surface area contributed by atoms with Crippen molar-refractivity contribution in [3.63, 3.8) is 0 Å². The minimum Gasteiger partial charge on any atom is -0.338 e. The number of amides is 2. The molecule has 7 heteroatoms. The van der Waals surface area contributed by atoms with Crippen LogP contribution in [-0.2, 0) is 9.59 Å². The van der Waals surface area contributed by atoms with Crippen molar-refractivity contribution in [2.75, 3.05) is 37.7 Å². The summed E-state index contributed by atoms with van der Waals surface area (Å²) in [6.07, 6.45) is 8.93. The molecule has 1 aliphatic carbocycles. The number of fused-ring (bicyclic) bond motifs is 1. The van der Waals surface area contributed by atoms with Gasteiger partial charge >= 0.3 is 0 Å². The summed E-state index contributed by atoms with van der Waals surface area (Å²) in [7, 11) is 0. The van der Waals surface area contributed by atoms with Gasteiger partial charge in [-0.25, -0.2) is 9.97 Å². The third kappa shape index (κ3) is 2.69. The maximum Gasteiger partial charge on any atom is 0.234 e. The number of carbonyl (C=O) groups is 2. The minimum absolute atomic E-state index is 0.00294.